The molecule has 3 rings (SSSR count). The number of hydrogen-bond donors (Lipinski definition) is 2. The average Bonchev–Trinajstić information content (AvgIpc) is 3.01. The number of ether oxygens (including phenoxy) is 1. The minimum absolute atomic E-state index is 0.0303. The Labute approximate surface area is 159 Å². The van der Waals surface area contributed by atoms with Gasteiger partial charge in [0.15, 0.2) is 0 Å². The van der Waals surface area contributed by atoms with E-state index in [1.54, 1.807) is 25.7 Å². The number of nitrogens with one attached hydrogen (secondary N) is 1. The molecular formula is C20H26N4O3. The number of β-amino-alcohol motifs (C(OH)–C–C–N with tert-alkyl or cyclic N) is 1. The number of methoxy groups -OCH3 is 1. The Balaban J connectivity index is 1.42. The Morgan fingerprint density at radius 3 is 2.96 bits per heavy atom. The van der Waals surface area contributed by atoms with Crippen molar-refractivity contribution < 1.29 is 14.6 Å². The number of aliphatic hydroxyl groups excluding tert-OH is 1. The molecule has 1 fully saturated rings. The molecule has 0 radical (unpaired) electrons. The van der Waals surface area contributed by atoms with Crippen LogP contribution in [-0.2, 0) is 17.6 Å². The van der Waals surface area contributed by atoms with E-state index in [9.17, 15) is 9.90 Å². The zero-order valence-corrected chi connectivity index (χ0v) is 15.5. The van der Waals surface area contributed by atoms with E-state index in [0.717, 1.165) is 17.0 Å². The Morgan fingerprint density at radius 2 is 2.19 bits per heavy atom. The van der Waals surface area contributed by atoms with Gasteiger partial charge in [0.05, 0.1) is 25.5 Å². The van der Waals surface area contributed by atoms with Crippen molar-refractivity contribution in [2.75, 3.05) is 33.3 Å². The van der Waals surface area contributed by atoms with E-state index in [4.69, 9.17) is 4.74 Å². The highest BCUT2D eigenvalue weighted by Crippen LogP contribution is 2.20. The molecular weight excluding hydrogens is 344 g/mol. The maximum Gasteiger partial charge on any atom is 0.234 e. The van der Waals surface area contributed by atoms with E-state index in [2.05, 4.69) is 15.3 Å². The molecule has 1 aromatic carbocycles. The maximum absolute atomic E-state index is 12.2. The van der Waals surface area contributed by atoms with Gasteiger partial charge in [-0.15, -0.1) is 0 Å². The van der Waals surface area contributed by atoms with E-state index in [0.29, 0.717) is 39.0 Å². The van der Waals surface area contributed by atoms with E-state index in [1.807, 2.05) is 29.2 Å². The molecule has 0 unspecified atom stereocenters. The van der Waals surface area contributed by atoms with Crippen molar-refractivity contribution in [3.05, 3.63) is 54.1 Å². The van der Waals surface area contributed by atoms with Crippen molar-refractivity contribution in [3.63, 3.8) is 0 Å². The lowest BCUT2D eigenvalue weighted by Gasteiger charge is -2.15. The molecule has 0 saturated carbocycles. The van der Waals surface area contributed by atoms with Crippen LogP contribution in [0.3, 0.4) is 0 Å². The summed E-state index contributed by atoms with van der Waals surface area (Å²) in [5.41, 5.74) is 1.94. The van der Waals surface area contributed by atoms with Crippen LogP contribution >= 0.6 is 0 Å². The summed E-state index contributed by atoms with van der Waals surface area (Å²) < 4.78 is 5.32. The van der Waals surface area contributed by atoms with Gasteiger partial charge in [0.1, 0.15) is 5.75 Å². The standard InChI is InChI=1S/C20H26N4O3/c1-27-19-5-3-2-4-15(19)6-7-23-20(26)14-24-12-16(18(25)13-24)10-17-11-21-8-9-22-17/h2-5,8-9,11,16,18,25H,6-7,10,12-14H2,1H3,(H,23,26)/t16-,18-/m1/s1. The van der Waals surface area contributed by atoms with Crippen LogP contribution in [0.4, 0.5) is 0 Å². The Bertz CT molecular complexity index is 741. The number of nitrogens with zero attached hydrogens (tertiary/aromatic N) is 3. The van der Waals surface area contributed by atoms with Crippen LogP contribution in [-0.4, -0.2) is 65.3 Å². The van der Waals surface area contributed by atoms with Crippen molar-refractivity contribution in [3.8, 4) is 5.75 Å². The molecule has 1 amide bonds. The number of carbonyl (C=O) groups excluding carboxylic acids is 1. The summed E-state index contributed by atoms with van der Waals surface area (Å²) in [5.74, 6) is 0.876. The van der Waals surface area contributed by atoms with Crippen LogP contribution in [0.2, 0.25) is 0 Å². The molecule has 1 saturated heterocycles. The predicted octanol–water partition coefficient (Wildman–Crippen LogP) is 0.679. The van der Waals surface area contributed by atoms with Crippen LogP contribution in [0.5, 0.6) is 5.75 Å². The molecule has 7 nitrogen and oxygen atoms in total. The molecule has 144 valence electrons. The third-order valence-electron chi connectivity index (χ3n) is 4.85. The Kier molecular flexibility index (Phi) is 6.73. The lowest BCUT2D eigenvalue weighted by Crippen LogP contribution is -2.37. The number of likely N-dealkylation sites (tertiary alicyclic amines) is 1. The first-order valence-corrected chi connectivity index (χ1v) is 9.19. The van der Waals surface area contributed by atoms with E-state index in [-0.39, 0.29) is 11.8 Å². The fourth-order valence-corrected chi connectivity index (χ4v) is 3.48. The first-order chi connectivity index (χ1) is 13.2. The van der Waals surface area contributed by atoms with Crippen LogP contribution in [0.25, 0.3) is 0 Å². The first kappa shape index (κ1) is 19.3. The van der Waals surface area contributed by atoms with Crippen molar-refractivity contribution in [2.24, 2.45) is 5.92 Å². The van der Waals surface area contributed by atoms with Crippen molar-refractivity contribution in [2.45, 2.75) is 18.9 Å². The van der Waals surface area contributed by atoms with Gasteiger partial charge in [0.25, 0.3) is 0 Å². The number of carbonyl (C=O) groups is 1. The van der Waals surface area contributed by atoms with Gasteiger partial charge in [-0.3, -0.25) is 19.7 Å². The average molecular weight is 370 g/mol. The lowest BCUT2D eigenvalue weighted by molar-refractivity contribution is -0.122. The van der Waals surface area contributed by atoms with Crippen molar-refractivity contribution in [1.29, 1.82) is 0 Å². The molecule has 1 aliphatic rings. The van der Waals surface area contributed by atoms with Crippen LogP contribution in [0.1, 0.15) is 11.3 Å². The van der Waals surface area contributed by atoms with E-state index in [1.165, 1.54) is 0 Å². The Hall–Kier alpha value is -2.51. The summed E-state index contributed by atoms with van der Waals surface area (Å²) in [6.45, 7) is 2.03. The van der Waals surface area contributed by atoms with Gasteiger partial charge in [-0.1, -0.05) is 18.2 Å². The number of hydrogen-bond acceptors (Lipinski definition) is 6. The number of para-hydroxylation sites is 1. The molecule has 1 aromatic heterocycles. The third kappa shape index (κ3) is 5.48. The quantitative estimate of drug-likeness (QED) is 0.711. The molecule has 7 heteroatoms. The van der Waals surface area contributed by atoms with E-state index >= 15 is 0 Å². The van der Waals surface area contributed by atoms with Crippen molar-refractivity contribution in [1.82, 2.24) is 20.2 Å². The molecule has 27 heavy (non-hydrogen) atoms. The molecule has 2 atom stereocenters. The smallest absolute Gasteiger partial charge is 0.234 e. The summed E-state index contributed by atoms with van der Waals surface area (Å²) in [4.78, 5) is 22.5. The zero-order chi connectivity index (χ0) is 19.1. The van der Waals surface area contributed by atoms with Gasteiger partial charge < -0.3 is 15.2 Å². The highest BCUT2D eigenvalue weighted by molar-refractivity contribution is 5.78. The van der Waals surface area contributed by atoms with Crippen molar-refractivity contribution >= 4 is 5.91 Å². The SMILES string of the molecule is COc1ccccc1CCNC(=O)CN1C[C@@H](Cc2cnccn2)[C@H](O)C1. The summed E-state index contributed by atoms with van der Waals surface area (Å²) in [6, 6.07) is 7.80. The molecule has 0 spiro atoms. The molecule has 1 aliphatic heterocycles. The maximum atomic E-state index is 12.2. The van der Waals surface area contributed by atoms with E-state index < -0.39 is 6.10 Å². The molecule has 2 heterocycles. The topological polar surface area (TPSA) is 87.6 Å². The molecule has 2 N–H and O–H groups in total. The lowest BCUT2D eigenvalue weighted by atomic mass is 10.0. The first-order valence-electron chi connectivity index (χ1n) is 9.19. The van der Waals surface area contributed by atoms with Gasteiger partial charge in [-0.25, -0.2) is 0 Å². The Morgan fingerprint density at radius 1 is 1.33 bits per heavy atom. The summed E-state index contributed by atoms with van der Waals surface area (Å²) in [7, 11) is 1.65. The van der Waals surface area contributed by atoms with Gasteiger partial charge in [0, 0.05) is 44.1 Å². The van der Waals surface area contributed by atoms with Crippen LogP contribution < -0.4 is 10.1 Å². The fraction of sp³-hybridized carbons (Fsp3) is 0.450. The minimum atomic E-state index is -0.451. The highest BCUT2D eigenvalue weighted by Gasteiger charge is 2.32. The second kappa shape index (κ2) is 9.43. The summed E-state index contributed by atoms with van der Waals surface area (Å²) in [5, 5.41) is 13.2. The summed E-state index contributed by atoms with van der Waals surface area (Å²) in [6.07, 6.45) is 5.95. The second-order valence-electron chi connectivity index (χ2n) is 6.83. The number of rotatable bonds is 8. The molecule has 0 aliphatic carbocycles. The third-order valence-corrected chi connectivity index (χ3v) is 4.85. The number of benzene rings is 1. The highest BCUT2D eigenvalue weighted by atomic mass is 16.5. The minimum Gasteiger partial charge on any atom is -0.496 e. The monoisotopic (exact) mass is 370 g/mol. The normalized spacial score (nSPS) is 19.8. The number of aromatic nitrogens is 2. The van der Waals surface area contributed by atoms with Crippen LogP contribution in [0, 0.1) is 5.92 Å². The number of aliphatic hydroxyl groups is 1. The largest absolute Gasteiger partial charge is 0.496 e. The van der Waals surface area contributed by atoms with Gasteiger partial charge >= 0.3 is 0 Å². The summed E-state index contributed by atoms with van der Waals surface area (Å²) >= 11 is 0. The van der Waals surface area contributed by atoms with Gasteiger partial charge in [-0.2, -0.15) is 0 Å². The fourth-order valence-electron chi connectivity index (χ4n) is 3.48. The predicted molar refractivity (Wildman–Crippen MR) is 101 cm³/mol. The second-order valence-corrected chi connectivity index (χ2v) is 6.83. The molecule has 2 aromatic rings. The van der Waals surface area contributed by atoms with Gasteiger partial charge in [0.2, 0.25) is 5.91 Å². The zero-order valence-electron chi connectivity index (χ0n) is 15.5. The van der Waals surface area contributed by atoms with Gasteiger partial charge in [-0.05, 0) is 24.5 Å². The number of amides is 1. The molecule has 0 bridgehead atoms. The van der Waals surface area contributed by atoms with Crippen LogP contribution in [0.15, 0.2) is 42.9 Å².